The number of carbonyl (C=O) groups excluding carboxylic acids is 3. The van der Waals surface area contributed by atoms with Crippen molar-refractivity contribution >= 4 is 17.9 Å². The molecule has 0 aromatic heterocycles. The van der Waals surface area contributed by atoms with Gasteiger partial charge in [0.2, 0.25) is 0 Å². The van der Waals surface area contributed by atoms with Crippen molar-refractivity contribution < 1.29 is 28.6 Å². The van der Waals surface area contributed by atoms with Crippen molar-refractivity contribution in [3.8, 4) is 0 Å². The van der Waals surface area contributed by atoms with E-state index in [4.69, 9.17) is 14.2 Å². The molecule has 83 heavy (non-hydrogen) atoms. The summed E-state index contributed by atoms with van der Waals surface area (Å²) in [7, 11) is 0. The van der Waals surface area contributed by atoms with Gasteiger partial charge in [0.1, 0.15) is 13.2 Å². The number of unbranched alkanes of at least 4 members (excludes halogenated alkanes) is 26. The Bertz CT molecular complexity index is 1800. The summed E-state index contributed by atoms with van der Waals surface area (Å²) in [4.78, 5) is 38.5. The van der Waals surface area contributed by atoms with Crippen LogP contribution >= 0.6 is 0 Å². The summed E-state index contributed by atoms with van der Waals surface area (Å²) in [5, 5.41) is 0. The first-order chi connectivity index (χ1) is 41.0. The zero-order valence-electron chi connectivity index (χ0n) is 53.9. The van der Waals surface area contributed by atoms with Crippen molar-refractivity contribution in [3.05, 3.63) is 146 Å². The van der Waals surface area contributed by atoms with Gasteiger partial charge in [-0.05, 0) is 141 Å². The first-order valence-corrected chi connectivity index (χ1v) is 34.3. The topological polar surface area (TPSA) is 78.9 Å². The third-order valence-corrected chi connectivity index (χ3v) is 14.3. The van der Waals surface area contributed by atoms with Gasteiger partial charge in [0.05, 0.1) is 0 Å². The molecule has 0 N–H and O–H groups in total. The van der Waals surface area contributed by atoms with Crippen molar-refractivity contribution in [1.82, 2.24) is 0 Å². The molecule has 0 bridgehead atoms. The molecule has 0 heterocycles. The molecule has 470 valence electrons. The number of hydrogen-bond donors (Lipinski definition) is 0. The van der Waals surface area contributed by atoms with E-state index >= 15 is 0 Å². The van der Waals surface area contributed by atoms with Gasteiger partial charge in [-0.3, -0.25) is 14.4 Å². The SMILES string of the molecule is CC/C=C\C/C=C\C/C=C\C/C=C\C/C=C\CCCCCCCCCC(=O)OCC(COC(=O)CCCCCCCC/C=C\C/C=C\C/C=C\CCCCCCC)OC(=O)CCCCCCCCCC/C=C\C/C=C\C/C=C\C/C=C\CC. The fraction of sp³-hybridized carbons (Fsp3) is 0.649. The zero-order chi connectivity index (χ0) is 59.9. The van der Waals surface area contributed by atoms with Gasteiger partial charge in [0.25, 0.3) is 0 Å². The molecule has 0 fully saturated rings. The average molecular weight is 1150 g/mol. The summed E-state index contributed by atoms with van der Waals surface area (Å²) in [5.41, 5.74) is 0. The van der Waals surface area contributed by atoms with Crippen LogP contribution in [0.1, 0.15) is 303 Å². The second kappa shape index (κ2) is 69.8. The number of carbonyl (C=O) groups is 3. The molecule has 0 amide bonds. The van der Waals surface area contributed by atoms with Gasteiger partial charge in [0.15, 0.2) is 6.10 Å². The molecule has 0 rings (SSSR count). The van der Waals surface area contributed by atoms with E-state index in [2.05, 4.69) is 167 Å². The molecule has 1 atom stereocenters. The normalized spacial score (nSPS) is 13.0. The highest BCUT2D eigenvalue weighted by Crippen LogP contribution is 2.15. The summed E-state index contributed by atoms with van der Waals surface area (Å²) in [5.74, 6) is -0.922. The highest BCUT2D eigenvalue weighted by molar-refractivity contribution is 5.71. The Morgan fingerprint density at radius 1 is 0.253 bits per heavy atom. The van der Waals surface area contributed by atoms with E-state index in [0.29, 0.717) is 19.3 Å². The number of esters is 3. The Balaban J connectivity index is 4.48. The first kappa shape index (κ1) is 78.3. The third kappa shape index (κ3) is 68.0. The molecule has 0 saturated heterocycles. The lowest BCUT2D eigenvalue weighted by Crippen LogP contribution is -2.30. The maximum atomic E-state index is 13.0. The molecule has 0 spiro atoms. The largest absolute Gasteiger partial charge is 0.462 e. The van der Waals surface area contributed by atoms with Crippen LogP contribution in [0.3, 0.4) is 0 Å². The molecule has 0 aliphatic rings. The van der Waals surface area contributed by atoms with E-state index in [0.717, 1.165) is 154 Å². The van der Waals surface area contributed by atoms with Crippen molar-refractivity contribution in [2.24, 2.45) is 0 Å². The lowest BCUT2D eigenvalue weighted by Gasteiger charge is -2.18. The summed E-state index contributed by atoms with van der Waals surface area (Å²) in [6.07, 6.45) is 99.9. The molecule has 1 unspecified atom stereocenters. The van der Waals surface area contributed by atoms with Crippen molar-refractivity contribution in [1.29, 1.82) is 0 Å². The van der Waals surface area contributed by atoms with E-state index in [1.165, 1.54) is 109 Å². The predicted molar refractivity (Wildman–Crippen MR) is 362 cm³/mol. The summed E-state index contributed by atoms with van der Waals surface area (Å²) in [6.45, 7) is 6.39. The molecular formula is C77H126O6. The van der Waals surface area contributed by atoms with Crippen LogP contribution in [0.15, 0.2) is 146 Å². The summed E-state index contributed by atoms with van der Waals surface area (Å²) >= 11 is 0. The molecule has 0 aromatic rings. The maximum Gasteiger partial charge on any atom is 0.306 e. The molecule has 0 aromatic carbocycles. The number of ether oxygens (including phenoxy) is 3. The van der Waals surface area contributed by atoms with Crippen LogP contribution in [0.25, 0.3) is 0 Å². The Kier molecular flexibility index (Phi) is 65.8. The first-order valence-electron chi connectivity index (χ1n) is 34.3. The van der Waals surface area contributed by atoms with Crippen LogP contribution in [-0.2, 0) is 28.6 Å². The molecule has 0 aliphatic heterocycles. The minimum atomic E-state index is -0.802. The smallest absolute Gasteiger partial charge is 0.306 e. The van der Waals surface area contributed by atoms with Crippen LogP contribution in [0.4, 0.5) is 0 Å². The van der Waals surface area contributed by atoms with E-state index in [1.807, 2.05) is 0 Å². The standard InChI is InChI=1S/C77H126O6/c1-4-7-10-13-16-19-22-25-28-31-34-37-38-41-43-46-49-52-55-58-61-64-67-70-76(79)82-73-74(83-77(80)71-68-65-62-59-56-53-50-47-44-40-36-33-30-27-24-21-18-15-12-9-6-3)72-81-75(78)69-66-63-60-57-54-51-48-45-42-39-35-32-29-26-23-20-17-14-11-8-5-2/h7,9-10,12,16,18-19,21,23,25-28,30,32,34-37,40-43,45,74H,4-6,8,11,13-15,17,20,22,24,29,31,33,38-39,44,46-73H2,1-3H3/b10-7-,12-9-,19-16-,21-18-,26-23-,28-25-,30-27-,35-32-,37-34-,40-36-,43-41-,45-42-. The summed E-state index contributed by atoms with van der Waals surface area (Å²) < 4.78 is 17.0. The van der Waals surface area contributed by atoms with Crippen LogP contribution in [0.2, 0.25) is 0 Å². The van der Waals surface area contributed by atoms with E-state index in [1.54, 1.807) is 0 Å². The Morgan fingerprint density at radius 3 is 0.735 bits per heavy atom. The Labute approximate surface area is 512 Å². The lowest BCUT2D eigenvalue weighted by molar-refractivity contribution is -0.167. The second-order valence-corrected chi connectivity index (χ2v) is 22.3. The summed E-state index contributed by atoms with van der Waals surface area (Å²) in [6, 6.07) is 0. The number of hydrogen-bond acceptors (Lipinski definition) is 6. The van der Waals surface area contributed by atoms with Gasteiger partial charge in [0, 0.05) is 19.3 Å². The molecule has 0 aliphatic carbocycles. The predicted octanol–water partition coefficient (Wildman–Crippen LogP) is 23.9. The maximum absolute atomic E-state index is 13.0. The number of rotatable bonds is 61. The second-order valence-electron chi connectivity index (χ2n) is 22.3. The zero-order valence-corrected chi connectivity index (χ0v) is 53.9. The van der Waals surface area contributed by atoms with Crippen LogP contribution < -0.4 is 0 Å². The minimum Gasteiger partial charge on any atom is -0.462 e. The van der Waals surface area contributed by atoms with Crippen LogP contribution in [0.5, 0.6) is 0 Å². The fourth-order valence-corrected chi connectivity index (χ4v) is 9.23. The van der Waals surface area contributed by atoms with Crippen LogP contribution in [0, 0.1) is 0 Å². The van der Waals surface area contributed by atoms with E-state index < -0.39 is 6.10 Å². The third-order valence-electron chi connectivity index (χ3n) is 14.3. The monoisotopic (exact) mass is 1150 g/mol. The minimum absolute atomic E-state index is 0.0964. The fourth-order valence-electron chi connectivity index (χ4n) is 9.23. The molecule has 6 heteroatoms. The van der Waals surface area contributed by atoms with Crippen molar-refractivity contribution in [2.75, 3.05) is 13.2 Å². The Hall–Kier alpha value is -4.71. The highest BCUT2D eigenvalue weighted by Gasteiger charge is 2.19. The van der Waals surface area contributed by atoms with Gasteiger partial charge in [-0.25, -0.2) is 0 Å². The average Bonchev–Trinajstić information content (AvgIpc) is 3.49. The molecule has 6 nitrogen and oxygen atoms in total. The van der Waals surface area contributed by atoms with Crippen molar-refractivity contribution in [3.63, 3.8) is 0 Å². The van der Waals surface area contributed by atoms with Crippen molar-refractivity contribution in [2.45, 2.75) is 309 Å². The Morgan fingerprint density at radius 2 is 0.470 bits per heavy atom. The molecular weight excluding hydrogens is 1020 g/mol. The number of allylic oxidation sites excluding steroid dienone is 24. The van der Waals surface area contributed by atoms with Gasteiger partial charge in [-0.15, -0.1) is 0 Å². The highest BCUT2D eigenvalue weighted by atomic mass is 16.6. The quantitative estimate of drug-likeness (QED) is 0.0261. The van der Waals surface area contributed by atoms with Gasteiger partial charge in [-0.2, -0.15) is 0 Å². The lowest BCUT2D eigenvalue weighted by atomic mass is 10.1. The molecule has 0 saturated carbocycles. The van der Waals surface area contributed by atoms with Gasteiger partial charge < -0.3 is 14.2 Å². The van der Waals surface area contributed by atoms with Crippen LogP contribution in [-0.4, -0.2) is 37.2 Å². The van der Waals surface area contributed by atoms with E-state index in [-0.39, 0.29) is 31.1 Å². The van der Waals surface area contributed by atoms with Gasteiger partial charge >= 0.3 is 17.9 Å². The van der Waals surface area contributed by atoms with Gasteiger partial charge in [-0.1, -0.05) is 289 Å². The molecule has 0 radical (unpaired) electrons. The van der Waals surface area contributed by atoms with E-state index in [9.17, 15) is 14.4 Å².